The molecule has 0 aromatic heterocycles. The molecule has 3 rings (SSSR count). The maximum absolute atomic E-state index is 13.3. The van der Waals surface area contributed by atoms with E-state index >= 15 is 0 Å². The minimum absolute atomic E-state index is 0.0167. The highest BCUT2D eigenvalue weighted by atomic mass is 28.4. The van der Waals surface area contributed by atoms with E-state index < -0.39 is 41.8 Å². The summed E-state index contributed by atoms with van der Waals surface area (Å²) in [4.78, 5) is 47.9. The number of benzene rings is 2. The average Bonchev–Trinajstić information content (AvgIpc) is 3.34. The number of nitro benzene ring substituents is 2. The molecule has 246 valence electrons. The monoisotopic (exact) mass is 646 g/mol. The first kappa shape index (κ1) is 35.2. The van der Waals surface area contributed by atoms with E-state index in [9.17, 15) is 34.9 Å². The Kier molecular flexibility index (Phi) is 11.5. The van der Waals surface area contributed by atoms with Crippen LogP contribution >= 0.6 is 0 Å². The van der Waals surface area contributed by atoms with Gasteiger partial charge < -0.3 is 29.2 Å². The lowest BCUT2D eigenvalue weighted by atomic mass is 9.99. The summed E-state index contributed by atoms with van der Waals surface area (Å²) in [5, 5.41) is 34.3. The van der Waals surface area contributed by atoms with E-state index in [1.807, 2.05) is 6.92 Å². The van der Waals surface area contributed by atoms with Crippen molar-refractivity contribution in [2.75, 3.05) is 13.1 Å². The number of nitrogens with zero attached hydrogens (tertiary/aromatic N) is 3. The molecular formula is C30H42N4O10Si. The number of ether oxygens (including phenoxy) is 2. The van der Waals surface area contributed by atoms with Crippen LogP contribution in [0.25, 0.3) is 0 Å². The number of hydrogen-bond donors (Lipinski definition) is 2. The number of non-ortho nitro benzene ring substituents is 1. The summed E-state index contributed by atoms with van der Waals surface area (Å²) in [6.07, 6.45) is -0.209. The van der Waals surface area contributed by atoms with Crippen molar-refractivity contribution in [1.29, 1.82) is 0 Å². The van der Waals surface area contributed by atoms with Crippen molar-refractivity contribution < 1.29 is 38.4 Å². The zero-order chi connectivity index (χ0) is 33.5. The van der Waals surface area contributed by atoms with Gasteiger partial charge in [-0.15, -0.1) is 0 Å². The lowest BCUT2D eigenvalue weighted by molar-refractivity contribution is -0.385. The third kappa shape index (κ3) is 9.88. The Hall–Kier alpha value is -4.24. The first-order valence-corrected chi connectivity index (χ1v) is 17.6. The van der Waals surface area contributed by atoms with Crippen LogP contribution in [0.5, 0.6) is 5.75 Å². The van der Waals surface area contributed by atoms with Crippen molar-refractivity contribution in [1.82, 2.24) is 10.2 Å². The Balaban J connectivity index is 1.58. The van der Waals surface area contributed by atoms with Gasteiger partial charge in [0.15, 0.2) is 14.1 Å². The van der Waals surface area contributed by atoms with E-state index in [0.717, 1.165) is 6.07 Å². The highest BCUT2D eigenvalue weighted by Gasteiger charge is 2.44. The van der Waals surface area contributed by atoms with Gasteiger partial charge in [0.25, 0.3) is 5.69 Å². The van der Waals surface area contributed by atoms with E-state index in [4.69, 9.17) is 13.9 Å². The average molecular weight is 647 g/mol. The molecule has 2 N–H and O–H groups in total. The number of nitrogens with one attached hydrogen (secondary N) is 1. The molecule has 2 aromatic carbocycles. The second kappa shape index (κ2) is 14.7. The minimum atomic E-state index is -2.13. The molecule has 1 heterocycles. The first-order valence-electron chi connectivity index (χ1n) is 14.7. The Morgan fingerprint density at radius 1 is 1.04 bits per heavy atom. The summed E-state index contributed by atoms with van der Waals surface area (Å²) in [5.74, 6) is -0.569. The molecule has 3 atom stereocenters. The van der Waals surface area contributed by atoms with Crippen LogP contribution in [0.15, 0.2) is 42.5 Å². The molecule has 0 saturated carbocycles. The van der Waals surface area contributed by atoms with Gasteiger partial charge in [0, 0.05) is 37.3 Å². The van der Waals surface area contributed by atoms with E-state index in [0.29, 0.717) is 30.5 Å². The maximum Gasteiger partial charge on any atom is 0.410 e. The van der Waals surface area contributed by atoms with Gasteiger partial charge in [0.05, 0.1) is 16.0 Å². The van der Waals surface area contributed by atoms with Crippen molar-refractivity contribution in [2.45, 2.75) is 84.0 Å². The van der Waals surface area contributed by atoms with E-state index in [1.54, 1.807) is 17.0 Å². The third-order valence-corrected chi connectivity index (χ3v) is 12.8. The molecule has 15 heteroatoms. The molecule has 14 nitrogen and oxygen atoms in total. The number of nitro groups is 2. The molecule has 0 radical (unpaired) electrons. The Morgan fingerprint density at radius 2 is 1.67 bits per heavy atom. The van der Waals surface area contributed by atoms with Gasteiger partial charge in [-0.05, 0) is 72.3 Å². The summed E-state index contributed by atoms with van der Waals surface area (Å²) in [6, 6.07) is 9.32. The van der Waals surface area contributed by atoms with Crippen LogP contribution in [-0.2, 0) is 27.1 Å². The van der Waals surface area contributed by atoms with Crippen molar-refractivity contribution >= 4 is 31.9 Å². The van der Waals surface area contributed by atoms with Gasteiger partial charge >= 0.3 is 17.9 Å². The summed E-state index contributed by atoms with van der Waals surface area (Å²) in [6.45, 7) is 13.1. The lowest BCUT2D eigenvalue weighted by Gasteiger charge is -2.38. The van der Waals surface area contributed by atoms with Gasteiger partial charge in [-0.3, -0.25) is 20.2 Å². The van der Waals surface area contributed by atoms with Gasteiger partial charge in [-0.1, -0.05) is 27.7 Å². The summed E-state index contributed by atoms with van der Waals surface area (Å²) in [7, 11) is -2.13. The number of hydrogen-bond acceptors (Lipinski definition) is 10. The van der Waals surface area contributed by atoms with Crippen molar-refractivity contribution in [3.8, 4) is 5.75 Å². The van der Waals surface area contributed by atoms with Gasteiger partial charge in [-0.2, -0.15) is 0 Å². The van der Waals surface area contributed by atoms with Crippen LogP contribution in [0.4, 0.5) is 21.0 Å². The number of amides is 2. The molecule has 1 saturated heterocycles. The summed E-state index contributed by atoms with van der Waals surface area (Å²) in [5.41, 5.74) is 0.527. The predicted molar refractivity (Wildman–Crippen MR) is 167 cm³/mol. The molecule has 2 amide bonds. The fourth-order valence-corrected chi connectivity index (χ4v) is 6.12. The van der Waals surface area contributed by atoms with Crippen LogP contribution < -0.4 is 5.32 Å². The van der Waals surface area contributed by atoms with E-state index in [-0.39, 0.29) is 48.5 Å². The van der Waals surface area contributed by atoms with Crippen molar-refractivity contribution in [3.63, 3.8) is 0 Å². The van der Waals surface area contributed by atoms with Crippen LogP contribution in [0, 0.1) is 26.1 Å². The zero-order valence-corrected chi connectivity index (χ0v) is 27.5. The largest absolute Gasteiger partial charge is 0.502 e. The predicted octanol–water partition coefficient (Wildman–Crippen LogP) is 6.26. The standard InChI is InChI=1S/C30H42N4O10Si/c1-20(16-31-28(36)42-19-22-9-12-26(34(40)41)27(35)14-22)13-24-15-25(44-45(5,6)30(2,3)4)17-32(24)29(37)43-18-21-7-10-23(11-8-21)33(38)39/h7-12,14,20,24-25,35H,13,15-19H2,1-6H3,(H,31,36)/t20?,24-,25+/m0/s1. The molecule has 0 bridgehead atoms. The maximum atomic E-state index is 13.3. The number of carbonyl (C=O) groups excluding carboxylic acids is 2. The Labute approximate surface area is 263 Å². The second-order valence-electron chi connectivity index (χ2n) is 12.9. The van der Waals surface area contributed by atoms with Crippen molar-refractivity contribution in [3.05, 3.63) is 73.8 Å². The third-order valence-electron chi connectivity index (χ3n) is 8.26. The molecule has 1 aliphatic heterocycles. The highest BCUT2D eigenvalue weighted by Crippen LogP contribution is 2.39. The topological polar surface area (TPSA) is 184 Å². The van der Waals surface area contributed by atoms with Crippen molar-refractivity contribution in [2.24, 2.45) is 5.92 Å². The number of rotatable bonds is 12. The molecule has 1 aliphatic rings. The zero-order valence-electron chi connectivity index (χ0n) is 26.5. The first-order chi connectivity index (χ1) is 21.0. The highest BCUT2D eigenvalue weighted by molar-refractivity contribution is 6.74. The van der Waals surface area contributed by atoms with Gasteiger partial charge in [0.2, 0.25) is 0 Å². The van der Waals surface area contributed by atoms with E-state index in [2.05, 4.69) is 39.2 Å². The molecule has 45 heavy (non-hydrogen) atoms. The molecule has 2 aromatic rings. The number of alkyl carbamates (subject to hydrolysis) is 1. The smallest absolute Gasteiger partial charge is 0.410 e. The number of carbonyl (C=O) groups is 2. The Bertz CT molecular complexity index is 1380. The van der Waals surface area contributed by atoms with E-state index in [1.165, 1.54) is 24.3 Å². The number of aromatic hydroxyl groups is 1. The lowest BCUT2D eigenvalue weighted by Crippen LogP contribution is -2.44. The van der Waals surface area contributed by atoms with Crippen LogP contribution in [-0.4, -0.2) is 65.6 Å². The fraction of sp³-hybridized carbons (Fsp3) is 0.533. The molecule has 0 spiro atoms. The number of likely N-dealkylation sites (tertiary alicyclic amines) is 1. The summed E-state index contributed by atoms with van der Waals surface area (Å²) < 4.78 is 17.4. The van der Waals surface area contributed by atoms with Crippen LogP contribution in [0.2, 0.25) is 18.1 Å². The van der Waals surface area contributed by atoms with Crippen LogP contribution in [0.3, 0.4) is 0 Å². The van der Waals surface area contributed by atoms with Gasteiger partial charge in [-0.25, -0.2) is 9.59 Å². The fourth-order valence-electron chi connectivity index (χ4n) is 4.76. The minimum Gasteiger partial charge on any atom is -0.502 e. The quantitative estimate of drug-likeness (QED) is 0.151. The second-order valence-corrected chi connectivity index (χ2v) is 17.7. The van der Waals surface area contributed by atoms with Gasteiger partial charge in [0.1, 0.15) is 13.2 Å². The van der Waals surface area contributed by atoms with Crippen LogP contribution in [0.1, 0.15) is 51.7 Å². The molecule has 1 unspecified atom stereocenters. The normalized spacial score (nSPS) is 17.4. The molecule has 0 aliphatic carbocycles. The SMILES string of the molecule is CC(CNC(=O)OCc1ccc([N+](=O)[O-])c(O)c1)C[C@H]1C[C@@H](O[Si](C)(C)C(C)(C)C)CN1C(=O)OCc1ccc([N+](=O)[O-])cc1. The number of phenolic OH excluding ortho intramolecular Hbond substituents is 1. The summed E-state index contributed by atoms with van der Waals surface area (Å²) >= 11 is 0. The number of phenols is 1. The molecule has 1 fully saturated rings. The molecular weight excluding hydrogens is 604 g/mol. The Morgan fingerprint density at radius 3 is 2.24 bits per heavy atom.